The van der Waals surface area contributed by atoms with Gasteiger partial charge in [-0.2, -0.15) is 0 Å². The SMILES string of the molecule is CN=C(NCCc1cc(C)ccc1OC)N1CCC(OCC2CCCCO2)CC1. The molecule has 29 heavy (non-hydrogen) atoms. The maximum atomic E-state index is 6.13. The van der Waals surface area contributed by atoms with Crippen LogP contribution < -0.4 is 10.1 Å². The first kappa shape index (κ1) is 21.9. The van der Waals surface area contributed by atoms with Crippen LogP contribution in [0.4, 0.5) is 0 Å². The number of hydrogen-bond acceptors (Lipinski definition) is 4. The molecule has 0 aromatic heterocycles. The zero-order valence-electron chi connectivity index (χ0n) is 18.3. The van der Waals surface area contributed by atoms with Gasteiger partial charge in [0.15, 0.2) is 5.96 Å². The normalized spacial score (nSPS) is 21.3. The summed E-state index contributed by atoms with van der Waals surface area (Å²) >= 11 is 0. The van der Waals surface area contributed by atoms with E-state index in [1.165, 1.54) is 24.0 Å². The van der Waals surface area contributed by atoms with Crippen LogP contribution in [0, 0.1) is 6.92 Å². The van der Waals surface area contributed by atoms with Gasteiger partial charge in [-0.25, -0.2) is 0 Å². The molecule has 6 heteroatoms. The average Bonchev–Trinajstić information content (AvgIpc) is 2.77. The highest BCUT2D eigenvalue weighted by Crippen LogP contribution is 2.20. The number of aliphatic imine (C=N–C) groups is 1. The van der Waals surface area contributed by atoms with Crippen molar-refractivity contribution in [3.63, 3.8) is 0 Å². The number of hydrogen-bond donors (Lipinski definition) is 1. The summed E-state index contributed by atoms with van der Waals surface area (Å²) in [5.41, 5.74) is 2.48. The second kappa shape index (κ2) is 11.4. The van der Waals surface area contributed by atoms with Gasteiger partial charge in [-0.1, -0.05) is 17.7 Å². The minimum atomic E-state index is 0.301. The van der Waals surface area contributed by atoms with Crippen molar-refractivity contribution in [3.05, 3.63) is 29.3 Å². The second-order valence-electron chi connectivity index (χ2n) is 8.05. The second-order valence-corrected chi connectivity index (χ2v) is 8.05. The smallest absolute Gasteiger partial charge is 0.193 e. The zero-order valence-corrected chi connectivity index (χ0v) is 18.3. The van der Waals surface area contributed by atoms with Crippen molar-refractivity contribution in [3.8, 4) is 5.75 Å². The maximum absolute atomic E-state index is 6.13. The molecule has 2 heterocycles. The topological polar surface area (TPSA) is 55.3 Å². The summed E-state index contributed by atoms with van der Waals surface area (Å²) in [4.78, 5) is 6.82. The van der Waals surface area contributed by atoms with Gasteiger partial charge in [-0.05, 0) is 57.1 Å². The molecule has 0 bridgehead atoms. The number of rotatable bonds is 7. The highest BCUT2D eigenvalue weighted by molar-refractivity contribution is 5.80. The van der Waals surface area contributed by atoms with Gasteiger partial charge in [-0.3, -0.25) is 4.99 Å². The van der Waals surface area contributed by atoms with Gasteiger partial charge in [0.1, 0.15) is 5.75 Å². The minimum absolute atomic E-state index is 0.301. The molecule has 0 radical (unpaired) electrons. The van der Waals surface area contributed by atoms with Crippen molar-refractivity contribution < 1.29 is 14.2 Å². The Morgan fingerprint density at radius 1 is 1.24 bits per heavy atom. The summed E-state index contributed by atoms with van der Waals surface area (Å²) in [6.07, 6.45) is 7.23. The van der Waals surface area contributed by atoms with Gasteiger partial charge in [-0.15, -0.1) is 0 Å². The first-order chi connectivity index (χ1) is 14.2. The van der Waals surface area contributed by atoms with E-state index in [4.69, 9.17) is 14.2 Å². The first-order valence-corrected chi connectivity index (χ1v) is 11.0. The van der Waals surface area contributed by atoms with Gasteiger partial charge in [0, 0.05) is 33.3 Å². The third kappa shape index (κ3) is 6.61. The van der Waals surface area contributed by atoms with E-state index >= 15 is 0 Å². The number of piperidine rings is 1. The number of guanidine groups is 1. The van der Waals surface area contributed by atoms with Crippen LogP contribution in [0.2, 0.25) is 0 Å². The van der Waals surface area contributed by atoms with E-state index in [1.54, 1.807) is 7.11 Å². The number of benzene rings is 1. The summed E-state index contributed by atoms with van der Waals surface area (Å²) in [5.74, 6) is 1.93. The van der Waals surface area contributed by atoms with E-state index in [1.807, 2.05) is 13.1 Å². The van der Waals surface area contributed by atoms with E-state index in [2.05, 4.69) is 34.3 Å². The highest BCUT2D eigenvalue weighted by atomic mass is 16.5. The Kier molecular flexibility index (Phi) is 8.62. The van der Waals surface area contributed by atoms with Crippen LogP contribution in [0.15, 0.2) is 23.2 Å². The molecule has 162 valence electrons. The maximum Gasteiger partial charge on any atom is 0.193 e. The fraction of sp³-hybridized carbons (Fsp3) is 0.696. The van der Waals surface area contributed by atoms with E-state index in [0.717, 1.165) is 70.2 Å². The molecular formula is C23H37N3O3. The molecule has 0 saturated carbocycles. The van der Waals surface area contributed by atoms with Gasteiger partial charge >= 0.3 is 0 Å². The van der Waals surface area contributed by atoms with Gasteiger partial charge in [0.05, 0.1) is 25.9 Å². The van der Waals surface area contributed by atoms with Crippen LogP contribution >= 0.6 is 0 Å². The molecule has 1 aromatic rings. The molecule has 2 aliphatic rings. The Morgan fingerprint density at radius 2 is 2.07 bits per heavy atom. The third-order valence-corrected chi connectivity index (χ3v) is 5.86. The quantitative estimate of drug-likeness (QED) is 0.560. The molecule has 3 rings (SSSR count). The highest BCUT2D eigenvalue weighted by Gasteiger charge is 2.23. The summed E-state index contributed by atoms with van der Waals surface area (Å²) in [5, 5.41) is 3.52. The van der Waals surface area contributed by atoms with Crippen LogP contribution in [0.25, 0.3) is 0 Å². The van der Waals surface area contributed by atoms with Gasteiger partial charge < -0.3 is 24.4 Å². The zero-order chi connectivity index (χ0) is 20.5. The molecule has 0 aliphatic carbocycles. The van der Waals surface area contributed by atoms with E-state index < -0.39 is 0 Å². The monoisotopic (exact) mass is 403 g/mol. The van der Waals surface area contributed by atoms with Crippen LogP contribution in [-0.2, 0) is 15.9 Å². The molecule has 0 spiro atoms. The molecule has 1 N–H and O–H groups in total. The molecule has 0 amide bonds. The molecule has 1 unspecified atom stereocenters. The number of aryl methyl sites for hydroxylation is 1. The summed E-state index contributed by atoms with van der Waals surface area (Å²) in [6.45, 7) is 6.54. The number of nitrogens with one attached hydrogen (secondary N) is 1. The Bertz CT molecular complexity index is 651. The van der Waals surface area contributed by atoms with E-state index in [9.17, 15) is 0 Å². The first-order valence-electron chi connectivity index (χ1n) is 11.0. The van der Waals surface area contributed by atoms with Crippen LogP contribution in [0.3, 0.4) is 0 Å². The molecule has 1 aromatic carbocycles. The lowest BCUT2D eigenvalue weighted by Crippen LogP contribution is -2.47. The fourth-order valence-electron chi connectivity index (χ4n) is 4.16. The van der Waals surface area contributed by atoms with Gasteiger partial charge in [0.25, 0.3) is 0 Å². The van der Waals surface area contributed by atoms with Crippen LogP contribution in [0.5, 0.6) is 5.75 Å². The molecule has 2 saturated heterocycles. The molecule has 6 nitrogen and oxygen atoms in total. The van der Waals surface area contributed by atoms with Crippen molar-refractivity contribution in [1.29, 1.82) is 0 Å². The summed E-state index contributed by atoms with van der Waals surface area (Å²) in [7, 11) is 3.59. The lowest BCUT2D eigenvalue weighted by atomic mass is 10.1. The minimum Gasteiger partial charge on any atom is -0.496 e. The Morgan fingerprint density at radius 3 is 2.76 bits per heavy atom. The fourth-order valence-corrected chi connectivity index (χ4v) is 4.16. The predicted molar refractivity (Wildman–Crippen MR) is 117 cm³/mol. The van der Waals surface area contributed by atoms with Crippen LogP contribution in [0.1, 0.15) is 43.2 Å². The molecule has 2 aliphatic heterocycles. The molecule has 2 fully saturated rings. The Labute approximate surface area is 175 Å². The van der Waals surface area contributed by atoms with Gasteiger partial charge in [0.2, 0.25) is 0 Å². The summed E-state index contributed by atoms with van der Waals surface area (Å²) in [6, 6.07) is 6.33. The lowest BCUT2D eigenvalue weighted by Gasteiger charge is -2.35. The van der Waals surface area contributed by atoms with E-state index in [0.29, 0.717) is 12.2 Å². The average molecular weight is 404 g/mol. The summed E-state index contributed by atoms with van der Waals surface area (Å²) < 4.78 is 17.4. The standard InChI is InChI=1S/C23H37N3O3/c1-18-7-8-22(27-3)19(16-18)9-12-25-23(24-2)26-13-10-20(11-14-26)29-17-21-6-4-5-15-28-21/h7-8,16,20-21H,4-6,9-15,17H2,1-3H3,(H,24,25). The molecular weight excluding hydrogens is 366 g/mol. The molecule has 1 atom stereocenters. The lowest BCUT2D eigenvalue weighted by molar-refractivity contribution is -0.0721. The van der Waals surface area contributed by atoms with Crippen molar-refractivity contribution in [1.82, 2.24) is 10.2 Å². The third-order valence-electron chi connectivity index (χ3n) is 5.86. The van der Waals surface area contributed by atoms with Crippen molar-refractivity contribution >= 4 is 5.96 Å². The largest absolute Gasteiger partial charge is 0.496 e. The Balaban J connectivity index is 1.39. The van der Waals surface area contributed by atoms with Crippen molar-refractivity contribution in [2.75, 3.05) is 47.0 Å². The van der Waals surface area contributed by atoms with Crippen LogP contribution in [-0.4, -0.2) is 70.1 Å². The number of likely N-dealkylation sites (tertiary alicyclic amines) is 1. The van der Waals surface area contributed by atoms with Crippen molar-refractivity contribution in [2.24, 2.45) is 4.99 Å². The number of methoxy groups -OCH3 is 1. The predicted octanol–water partition coefficient (Wildman–Crippen LogP) is 3.17. The Hall–Kier alpha value is -1.79. The van der Waals surface area contributed by atoms with E-state index in [-0.39, 0.29) is 0 Å². The number of ether oxygens (including phenoxy) is 3. The number of nitrogens with zero attached hydrogens (tertiary/aromatic N) is 2. The van der Waals surface area contributed by atoms with Crippen molar-refractivity contribution in [2.45, 2.75) is 57.7 Å².